The van der Waals surface area contributed by atoms with E-state index in [1.165, 1.54) is 18.3 Å². The number of rotatable bonds is 7. The quantitative estimate of drug-likeness (QED) is 0.373. The predicted octanol–water partition coefficient (Wildman–Crippen LogP) is 5.59. The van der Waals surface area contributed by atoms with E-state index in [1.807, 2.05) is 0 Å². The lowest BCUT2D eigenvalue weighted by Gasteiger charge is -2.44. The van der Waals surface area contributed by atoms with Gasteiger partial charge in [0.25, 0.3) is 11.8 Å². The first-order valence-electron chi connectivity index (χ1n) is 14.2. The number of nitrogens with zero attached hydrogens (tertiary/aromatic N) is 3. The number of carboxylic acids is 1. The standard InChI is InChI=1S/C32H31ClFN3O6/c1-31(2)29(39)37(25-16-20(33)17-35-27(25)43-31)21-9-13-36(14-10-21)28(38)23-8-7-19(15-24(23)34)22-5-3-4-6-26(22)42-18-32(11-12-32)30(40)41/h3-8,15-17,21H,9-14,18H2,1-2H3,(H,40,41). The smallest absolute Gasteiger partial charge is 0.313 e. The van der Waals surface area contributed by atoms with Gasteiger partial charge in [-0.25, -0.2) is 9.37 Å². The van der Waals surface area contributed by atoms with Crippen LogP contribution < -0.4 is 14.4 Å². The largest absolute Gasteiger partial charge is 0.492 e. The number of benzene rings is 2. The van der Waals surface area contributed by atoms with Crippen LogP contribution in [0.4, 0.5) is 10.1 Å². The molecule has 2 amide bonds. The van der Waals surface area contributed by atoms with Crippen LogP contribution in [0.25, 0.3) is 11.1 Å². The molecule has 3 aromatic rings. The molecule has 0 radical (unpaired) electrons. The van der Waals surface area contributed by atoms with Gasteiger partial charge in [-0.2, -0.15) is 0 Å². The summed E-state index contributed by atoms with van der Waals surface area (Å²) in [7, 11) is 0. The SMILES string of the molecule is CC1(C)Oc2ncc(Cl)cc2N(C2CCN(C(=O)c3ccc(-c4ccccc4OCC4(C(=O)O)CC4)cc3F)CC2)C1=O. The Morgan fingerprint density at radius 2 is 1.86 bits per heavy atom. The van der Waals surface area contributed by atoms with Gasteiger partial charge >= 0.3 is 5.97 Å². The lowest BCUT2D eigenvalue weighted by molar-refractivity contribution is -0.144. The second-order valence-electron chi connectivity index (χ2n) is 11.9. The fourth-order valence-electron chi connectivity index (χ4n) is 5.69. The van der Waals surface area contributed by atoms with E-state index in [0.717, 1.165) is 0 Å². The van der Waals surface area contributed by atoms with Gasteiger partial charge in [0.05, 0.1) is 10.6 Å². The predicted molar refractivity (Wildman–Crippen MR) is 157 cm³/mol. The number of hydrogen-bond donors (Lipinski definition) is 1. The molecular formula is C32H31ClFN3O6. The highest BCUT2D eigenvalue weighted by atomic mass is 35.5. The molecule has 0 spiro atoms. The third kappa shape index (κ3) is 5.40. The zero-order valence-corrected chi connectivity index (χ0v) is 24.6. The Kier molecular flexibility index (Phi) is 7.28. The maximum absolute atomic E-state index is 15.4. The summed E-state index contributed by atoms with van der Waals surface area (Å²) < 4.78 is 27.1. The van der Waals surface area contributed by atoms with Crippen molar-refractivity contribution in [3.8, 4) is 22.8 Å². The summed E-state index contributed by atoms with van der Waals surface area (Å²) in [5, 5.41) is 9.84. The molecule has 3 aliphatic rings. The molecule has 6 rings (SSSR count). The Hall–Kier alpha value is -4.18. The number of carboxylic acid groups (broad SMARTS) is 1. The van der Waals surface area contributed by atoms with Crippen molar-refractivity contribution in [3.63, 3.8) is 0 Å². The van der Waals surface area contributed by atoms with Gasteiger partial charge in [-0.3, -0.25) is 14.4 Å². The van der Waals surface area contributed by atoms with Crippen molar-refractivity contribution >= 4 is 35.1 Å². The van der Waals surface area contributed by atoms with Crippen molar-refractivity contribution in [2.75, 3.05) is 24.6 Å². The monoisotopic (exact) mass is 607 g/mol. The first kappa shape index (κ1) is 28.9. The minimum absolute atomic E-state index is 0.0387. The van der Waals surface area contributed by atoms with E-state index in [4.69, 9.17) is 21.1 Å². The van der Waals surface area contributed by atoms with Gasteiger partial charge in [0, 0.05) is 30.9 Å². The number of pyridine rings is 1. The van der Waals surface area contributed by atoms with Crippen LogP contribution in [0.5, 0.6) is 11.6 Å². The normalized spacial score (nSPS) is 18.9. The van der Waals surface area contributed by atoms with Crippen LogP contribution >= 0.6 is 11.6 Å². The minimum atomic E-state index is -1.11. The van der Waals surface area contributed by atoms with Gasteiger partial charge in [-0.15, -0.1) is 0 Å². The summed E-state index contributed by atoms with van der Waals surface area (Å²) in [6.07, 6.45) is 3.57. The molecule has 2 aliphatic heterocycles. The number of hydrogen-bond acceptors (Lipinski definition) is 6. The molecule has 224 valence electrons. The van der Waals surface area contributed by atoms with Gasteiger partial charge in [-0.1, -0.05) is 35.9 Å². The van der Waals surface area contributed by atoms with Crippen LogP contribution in [-0.4, -0.2) is 64.1 Å². The summed E-state index contributed by atoms with van der Waals surface area (Å²) in [6.45, 7) is 4.09. The summed E-state index contributed by atoms with van der Waals surface area (Å²) in [5.41, 5.74) is -0.389. The number of aliphatic carboxylic acids is 1. The highest BCUT2D eigenvalue weighted by Crippen LogP contribution is 2.47. The summed E-state index contributed by atoms with van der Waals surface area (Å²) >= 11 is 6.18. The first-order chi connectivity index (χ1) is 20.5. The van der Waals surface area contributed by atoms with Gasteiger partial charge < -0.3 is 24.4 Å². The van der Waals surface area contributed by atoms with Crippen LogP contribution in [0.1, 0.15) is 49.9 Å². The Morgan fingerprint density at radius 1 is 1.14 bits per heavy atom. The third-order valence-corrected chi connectivity index (χ3v) is 8.68. The molecule has 1 aliphatic carbocycles. The number of likely N-dealkylation sites (tertiary alicyclic amines) is 1. The van der Waals surface area contributed by atoms with E-state index in [-0.39, 0.29) is 24.1 Å². The molecule has 1 N–H and O–H groups in total. The minimum Gasteiger partial charge on any atom is -0.492 e. The molecule has 2 aromatic carbocycles. The lowest BCUT2D eigenvalue weighted by Crippen LogP contribution is -2.58. The maximum atomic E-state index is 15.4. The molecule has 0 unspecified atom stereocenters. The first-order valence-corrected chi connectivity index (χ1v) is 14.6. The number of carbonyl (C=O) groups excluding carboxylic acids is 2. The zero-order chi connectivity index (χ0) is 30.5. The van der Waals surface area contributed by atoms with Crippen molar-refractivity contribution in [1.29, 1.82) is 0 Å². The van der Waals surface area contributed by atoms with Crippen molar-refractivity contribution in [1.82, 2.24) is 9.88 Å². The zero-order valence-electron chi connectivity index (χ0n) is 23.8. The fraction of sp³-hybridized carbons (Fsp3) is 0.375. The van der Waals surface area contributed by atoms with E-state index < -0.39 is 28.7 Å². The number of carbonyl (C=O) groups is 3. The lowest BCUT2D eigenvalue weighted by atomic mass is 9.96. The third-order valence-electron chi connectivity index (χ3n) is 8.47. The highest BCUT2D eigenvalue weighted by molar-refractivity contribution is 6.31. The number of amides is 2. The van der Waals surface area contributed by atoms with Gasteiger partial charge in [0.1, 0.15) is 29.3 Å². The van der Waals surface area contributed by atoms with Crippen LogP contribution in [0.3, 0.4) is 0 Å². The molecule has 43 heavy (non-hydrogen) atoms. The van der Waals surface area contributed by atoms with E-state index in [0.29, 0.717) is 72.2 Å². The molecule has 1 saturated carbocycles. The number of halogens is 2. The number of para-hydroxylation sites is 1. The van der Waals surface area contributed by atoms with Crippen molar-refractivity contribution in [3.05, 3.63) is 71.1 Å². The van der Waals surface area contributed by atoms with E-state index in [2.05, 4.69) is 4.98 Å². The highest BCUT2D eigenvalue weighted by Gasteiger charge is 2.51. The summed E-state index contributed by atoms with van der Waals surface area (Å²) in [4.78, 5) is 45.8. The maximum Gasteiger partial charge on any atom is 0.313 e. The summed E-state index contributed by atoms with van der Waals surface area (Å²) in [6, 6.07) is 12.9. The Bertz CT molecular complexity index is 1620. The average Bonchev–Trinajstić information content (AvgIpc) is 3.79. The van der Waals surface area contributed by atoms with Gasteiger partial charge in [0.15, 0.2) is 5.60 Å². The molecule has 1 saturated heterocycles. The van der Waals surface area contributed by atoms with Crippen LogP contribution in [-0.2, 0) is 9.59 Å². The Labute approximate surface area is 253 Å². The number of piperidine rings is 1. The van der Waals surface area contributed by atoms with Crippen LogP contribution in [0, 0.1) is 11.2 Å². The molecule has 2 fully saturated rings. The Balaban J connectivity index is 1.15. The molecule has 3 heterocycles. The van der Waals surface area contributed by atoms with Gasteiger partial charge in [0.2, 0.25) is 5.88 Å². The number of ether oxygens (including phenoxy) is 2. The average molecular weight is 608 g/mol. The number of aromatic nitrogens is 1. The van der Waals surface area contributed by atoms with Crippen molar-refractivity contribution in [2.24, 2.45) is 5.41 Å². The summed E-state index contributed by atoms with van der Waals surface area (Å²) in [5.74, 6) is -1.40. The fourth-order valence-corrected chi connectivity index (χ4v) is 5.84. The topological polar surface area (TPSA) is 109 Å². The Morgan fingerprint density at radius 3 is 2.53 bits per heavy atom. The molecule has 11 heteroatoms. The van der Waals surface area contributed by atoms with E-state index in [1.54, 1.807) is 60.0 Å². The molecule has 9 nitrogen and oxygen atoms in total. The van der Waals surface area contributed by atoms with Crippen LogP contribution in [0.2, 0.25) is 5.02 Å². The number of fused-ring (bicyclic) bond motifs is 1. The molecule has 1 aromatic heterocycles. The van der Waals surface area contributed by atoms with E-state index >= 15 is 4.39 Å². The van der Waals surface area contributed by atoms with E-state index in [9.17, 15) is 19.5 Å². The second kappa shape index (κ2) is 10.8. The molecule has 0 bridgehead atoms. The van der Waals surface area contributed by atoms with Crippen molar-refractivity contribution in [2.45, 2.75) is 51.2 Å². The molecule has 0 atom stereocenters. The van der Waals surface area contributed by atoms with Crippen molar-refractivity contribution < 1.29 is 33.4 Å². The van der Waals surface area contributed by atoms with Gasteiger partial charge in [-0.05, 0) is 69.4 Å². The van der Waals surface area contributed by atoms with Crippen LogP contribution in [0.15, 0.2) is 54.7 Å². The molecular weight excluding hydrogens is 577 g/mol. The second-order valence-corrected chi connectivity index (χ2v) is 12.3. The number of anilines is 1.